The first kappa shape index (κ1) is 10.2. The van der Waals surface area contributed by atoms with Crippen molar-refractivity contribution in [3.05, 3.63) is 29.5 Å². The smallest absolute Gasteiger partial charge is 0.328 e. The Kier molecular flexibility index (Phi) is 3.19. The summed E-state index contributed by atoms with van der Waals surface area (Å²) in [6.45, 7) is -0.215. The van der Waals surface area contributed by atoms with Gasteiger partial charge in [-0.25, -0.2) is 9.78 Å². The molecule has 0 bridgehead atoms. The van der Waals surface area contributed by atoms with E-state index in [0.29, 0.717) is 11.1 Å². The molecule has 0 aliphatic heterocycles. The molecule has 0 spiro atoms. The summed E-state index contributed by atoms with van der Waals surface area (Å²) in [5, 5.41) is 17.2. The van der Waals surface area contributed by atoms with Gasteiger partial charge in [0.25, 0.3) is 0 Å². The molecule has 0 radical (unpaired) electrons. The molecule has 14 heavy (non-hydrogen) atoms. The van der Waals surface area contributed by atoms with Gasteiger partial charge in [0.05, 0.1) is 6.61 Å². The highest BCUT2D eigenvalue weighted by molar-refractivity contribution is 5.85. The predicted octanol–water partition coefficient (Wildman–Crippen LogP) is 0.254. The van der Waals surface area contributed by atoms with Crippen LogP contribution in [-0.2, 0) is 11.4 Å². The molecule has 5 nitrogen and oxygen atoms in total. The van der Waals surface area contributed by atoms with Crippen molar-refractivity contribution in [2.45, 2.75) is 6.61 Å². The Labute approximate surface area is 80.5 Å². The van der Waals surface area contributed by atoms with Crippen molar-refractivity contribution >= 4 is 17.9 Å². The Balaban J connectivity index is 2.95. The van der Waals surface area contributed by atoms with Crippen LogP contribution in [0.25, 0.3) is 6.08 Å². The van der Waals surface area contributed by atoms with E-state index in [2.05, 4.69) is 4.98 Å². The first-order chi connectivity index (χ1) is 6.63. The fourth-order valence-corrected chi connectivity index (χ4v) is 0.925. The highest BCUT2D eigenvalue weighted by atomic mass is 16.4. The topological polar surface area (TPSA) is 96.4 Å². The molecule has 0 aliphatic carbocycles. The first-order valence-corrected chi connectivity index (χ1v) is 3.89. The van der Waals surface area contributed by atoms with Gasteiger partial charge in [0.2, 0.25) is 0 Å². The summed E-state index contributed by atoms with van der Waals surface area (Å²) in [7, 11) is 0. The third-order valence-corrected chi connectivity index (χ3v) is 1.61. The summed E-state index contributed by atoms with van der Waals surface area (Å²) in [4.78, 5) is 14.0. The molecule has 0 saturated carbocycles. The minimum atomic E-state index is -1.03. The highest BCUT2D eigenvalue weighted by Crippen LogP contribution is 2.11. The van der Waals surface area contributed by atoms with Crippen molar-refractivity contribution in [2.24, 2.45) is 0 Å². The molecule has 1 aromatic rings. The number of nitrogens with two attached hydrogens (primary N) is 1. The van der Waals surface area contributed by atoms with Crippen molar-refractivity contribution in [3.63, 3.8) is 0 Å². The number of rotatable bonds is 3. The number of aliphatic hydroxyl groups is 1. The minimum absolute atomic E-state index is 0.215. The second-order valence-electron chi connectivity index (χ2n) is 2.64. The van der Waals surface area contributed by atoms with Gasteiger partial charge in [-0.15, -0.1) is 0 Å². The Morgan fingerprint density at radius 3 is 2.93 bits per heavy atom. The molecule has 0 fully saturated rings. The van der Waals surface area contributed by atoms with Crippen LogP contribution < -0.4 is 5.73 Å². The Hall–Kier alpha value is -1.88. The van der Waals surface area contributed by atoms with Gasteiger partial charge in [0, 0.05) is 17.8 Å². The number of carboxylic acids is 1. The molecule has 4 N–H and O–H groups in total. The van der Waals surface area contributed by atoms with E-state index in [1.807, 2.05) is 0 Å². The zero-order valence-corrected chi connectivity index (χ0v) is 7.34. The van der Waals surface area contributed by atoms with Crippen LogP contribution in [0.15, 0.2) is 18.3 Å². The van der Waals surface area contributed by atoms with Gasteiger partial charge in [0.15, 0.2) is 0 Å². The molecule has 0 amide bonds. The standard InChI is InChI=1S/C9H10N2O3/c10-9-7(5-12)3-6(4-11-9)1-2-8(13)14/h1-4,12H,5H2,(H2,10,11)(H,13,14). The maximum Gasteiger partial charge on any atom is 0.328 e. The van der Waals surface area contributed by atoms with Crippen LogP contribution in [0, 0.1) is 0 Å². The summed E-state index contributed by atoms with van der Waals surface area (Å²) in [5.41, 5.74) is 6.52. The van der Waals surface area contributed by atoms with Gasteiger partial charge >= 0.3 is 5.97 Å². The SMILES string of the molecule is Nc1ncc(C=CC(=O)O)cc1CO. The maximum absolute atomic E-state index is 10.2. The summed E-state index contributed by atoms with van der Waals surface area (Å²) in [6, 6.07) is 1.59. The predicted molar refractivity (Wildman–Crippen MR) is 51.2 cm³/mol. The molecule has 0 atom stereocenters. The van der Waals surface area contributed by atoms with Gasteiger partial charge < -0.3 is 15.9 Å². The zero-order chi connectivity index (χ0) is 10.6. The fourth-order valence-electron chi connectivity index (χ4n) is 0.925. The van der Waals surface area contributed by atoms with Crippen LogP contribution in [0.2, 0.25) is 0 Å². The number of anilines is 1. The van der Waals surface area contributed by atoms with Crippen LogP contribution in [0.4, 0.5) is 5.82 Å². The van der Waals surface area contributed by atoms with E-state index < -0.39 is 5.97 Å². The number of carboxylic acid groups (broad SMARTS) is 1. The second-order valence-corrected chi connectivity index (χ2v) is 2.64. The molecule has 1 heterocycles. The fraction of sp³-hybridized carbons (Fsp3) is 0.111. The highest BCUT2D eigenvalue weighted by Gasteiger charge is 1.99. The van der Waals surface area contributed by atoms with Gasteiger partial charge in [-0.05, 0) is 17.7 Å². The van der Waals surface area contributed by atoms with E-state index in [-0.39, 0.29) is 12.4 Å². The van der Waals surface area contributed by atoms with Crippen molar-refractivity contribution in [2.75, 3.05) is 5.73 Å². The van der Waals surface area contributed by atoms with Gasteiger partial charge in [-0.2, -0.15) is 0 Å². The van der Waals surface area contributed by atoms with E-state index in [4.69, 9.17) is 15.9 Å². The number of hydrogen-bond donors (Lipinski definition) is 3. The number of nitrogen functional groups attached to an aromatic ring is 1. The third kappa shape index (κ3) is 2.56. The average Bonchev–Trinajstić information content (AvgIpc) is 2.16. The zero-order valence-electron chi connectivity index (χ0n) is 7.34. The molecule has 0 unspecified atom stereocenters. The lowest BCUT2D eigenvalue weighted by molar-refractivity contribution is -0.131. The Bertz CT molecular complexity index is 374. The number of pyridine rings is 1. The monoisotopic (exact) mass is 194 g/mol. The van der Waals surface area contributed by atoms with Crippen molar-refractivity contribution in [3.8, 4) is 0 Å². The van der Waals surface area contributed by atoms with Crippen LogP contribution in [-0.4, -0.2) is 21.2 Å². The molecular weight excluding hydrogens is 184 g/mol. The minimum Gasteiger partial charge on any atom is -0.478 e. The summed E-state index contributed by atoms with van der Waals surface area (Å²) in [6.07, 6.45) is 3.82. The molecular formula is C9H10N2O3. The molecule has 74 valence electrons. The number of carbonyl (C=O) groups is 1. The van der Waals surface area contributed by atoms with Crippen LogP contribution in [0.1, 0.15) is 11.1 Å². The molecule has 5 heteroatoms. The maximum atomic E-state index is 10.2. The third-order valence-electron chi connectivity index (χ3n) is 1.61. The van der Waals surface area contributed by atoms with Crippen molar-refractivity contribution < 1.29 is 15.0 Å². The van der Waals surface area contributed by atoms with Gasteiger partial charge in [-0.1, -0.05) is 0 Å². The normalized spacial score (nSPS) is 10.6. The van der Waals surface area contributed by atoms with Crippen LogP contribution in [0.5, 0.6) is 0 Å². The lowest BCUT2D eigenvalue weighted by atomic mass is 10.2. The second kappa shape index (κ2) is 4.38. The lowest BCUT2D eigenvalue weighted by Crippen LogP contribution is -1.98. The Morgan fingerprint density at radius 1 is 1.64 bits per heavy atom. The number of aromatic nitrogens is 1. The molecule has 0 aromatic carbocycles. The van der Waals surface area contributed by atoms with Gasteiger partial charge in [0.1, 0.15) is 5.82 Å². The summed E-state index contributed by atoms with van der Waals surface area (Å²) in [5.74, 6) is -0.785. The number of nitrogens with zero attached hydrogens (tertiary/aromatic N) is 1. The van der Waals surface area contributed by atoms with E-state index in [1.54, 1.807) is 6.07 Å². The number of hydrogen-bond acceptors (Lipinski definition) is 4. The molecule has 0 saturated heterocycles. The van der Waals surface area contributed by atoms with Crippen LogP contribution in [0.3, 0.4) is 0 Å². The Morgan fingerprint density at radius 2 is 2.36 bits per heavy atom. The van der Waals surface area contributed by atoms with E-state index in [9.17, 15) is 4.79 Å². The lowest BCUT2D eigenvalue weighted by Gasteiger charge is -2.01. The summed E-state index contributed by atoms with van der Waals surface area (Å²) < 4.78 is 0. The summed E-state index contributed by atoms with van der Waals surface area (Å²) >= 11 is 0. The van der Waals surface area contributed by atoms with Crippen molar-refractivity contribution in [1.82, 2.24) is 4.98 Å². The number of aliphatic hydroxyl groups excluding tert-OH is 1. The van der Waals surface area contributed by atoms with Gasteiger partial charge in [-0.3, -0.25) is 0 Å². The largest absolute Gasteiger partial charge is 0.478 e. The molecule has 1 aromatic heterocycles. The van der Waals surface area contributed by atoms with E-state index in [1.165, 1.54) is 12.3 Å². The first-order valence-electron chi connectivity index (χ1n) is 3.89. The van der Waals surface area contributed by atoms with E-state index >= 15 is 0 Å². The molecule has 0 aliphatic rings. The number of aliphatic carboxylic acids is 1. The van der Waals surface area contributed by atoms with E-state index in [0.717, 1.165) is 6.08 Å². The molecule has 1 rings (SSSR count). The van der Waals surface area contributed by atoms with Crippen LogP contribution >= 0.6 is 0 Å². The average molecular weight is 194 g/mol. The quantitative estimate of drug-likeness (QED) is 0.599. The van der Waals surface area contributed by atoms with Crippen molar-refractivity contribution in [1.29, 1.82) is 0 Å².